The van der Waals surface area contributed by atoms with Gasteiger partial charge in [-0.15, -0.1) is 0 Å². The molecule has 2 heterocycles. The highest BCUT2D eigenvalue weighted by Gasteiger charge is 2.20. The first-order valence-corrected chi connectivity index (χ1v) is 8.76. The fraction of sp³-hybridized carbons (Fsp3) is 0.526. The summed E-state index contributed by atoms with van der Waals surface area (Å²) in [6.45, 7) is 8.97. The van der Waals surface area contributed by atoms with Crippen LogP contribution in [0.1, 0.15) is 18.3 Å². The van der Waals surface area contributed by atoms with E-state index in [-0.39, 0.29) is 0 Å². The Balaban J connectivity index is 1.69. The van der Waals surface area contributed by atoms with Crippen molar-refractivity contribution >= 4 is 0 Å². The van der Waals surface area contributed by atoms with Gasteiger partial charge in [-0.25, -0.2) is 4.98 Å². The van der Waals surface area contributed by atoms with Gasteiger partial charge in [0.25, 0.3) is 0 Å². The molecule has 0 bridgehead atoms. The first kappa shape index (κ1) is 17.1. The van der Waals surface area contributed by atoms with Crippen molar-refractivity contribution in [3.8, 4) is 0 Å². The molecule has 130 valence electrons. The standard InChI is InChI=1S/C19H28N4O/c1-17(14-22-10-12-24-13-11-22)23(15-18-6-4-3-5-7-18)16-19-20-8-9-21(19)2/h3-9,17H,10-16H2,1-2H3. The van der Waals surface area contributed by atoms with Crippen LogP contribution >= 0.6 is 0 Å². The SMILES string of the molecule is CC(CN1CCOCC1)N(Cc1ccccc1)Cc1nccn1C. The quantitative estimate of drug-likeness (QED) is 0.780. The Morgan fingerprint density at radius 3 is 2.58 bits per heavy atom. The van der Waals surface area contributed by atoms with E-state index in [9.17, 15) is 0 Å². The predicted molar refractivity (Wildman–Crippen MR) is 95.6 cm³/mol. The van der Waals surface area contributed by atoms with Crippen LogP contribution < -0.4 is 0 Å². The summed E-state index contributed by atoms with van der Waals surface area (Å²) in [5, 5.41) is 0. The van der Waals surface area contributed by atoms with E-state index in [0.29, 0.717) is 6.04 Å². The van der Waals surface area contributed by atoms with E-state index in [0.717, 1.165) is 51.8 Å². The lowest BCUT2D eigenvalue weighted by Gasteiger charge is -2.35. The number of aromatic nitrogens is 2. The van der Waals surface area contributed by atoms with Gasteiger partial charge in [0.15, 0.2) is 0 Å². The minimum Gasteiger partial charge on any atom is -0.379 e. The van der Waals surface area contributed by atoms with Crippen LogP contribution in [0, 0.1) is 0 Å². The molecule has 1 aliphatic heterocycles. The zero-order chi connectivity index (χ0) is 16.8. The van der Waals surface area contributed by atoms with E-state index in [1.807, 2.05) is 12.4 Å². The molecule has 1 aromatic heterocycles. The highest BCUT2D eigenvalue weighted by Crippen LogP contribution is 2.14. The average Bonchev–Trinajstić information content (AvgIpc) is 3.01. The van der Waals surface area contributed by atoms with Crippen LogP contribution in [0.3, 0.4) is 0 Å². The van der Waals surface area contributed by atoms with Gasteiger partial charge in [-0.3, -0.25) is 9.80 Å². The van der Waals surface area contributed by atoms with Crippen LogP contribution in [0.4, 0.5) is 0 Å². The van der Waals surface area contributed by atoms with Crippen LogP contribution in [-0.4, -0.2) is 58.2 Å². The number of imidazole rings is 1. The molecule has 24 heavy (non-hydrogen) atoms. The fourth-order valence-electron chi connectivity index (χ4n) is 3.19. The van der Waals surface area contributed by atoms with E-state index in [1.165, 1.54) is 5.56 Å². The Bertz CT molecular complexity index is 607. The zero-order valence-electron chi connectivity index (χ0n) is 14.8. The lowest BCUT2D eigenvalue weighted by molar-refractivity contribution is 0.0222. The molecule has 1 saturated heterocycles. The van der Waals surface area contributed by atoms with E-state index in [4.69, 9.17) is 4.74 Å². The van der Waals surface area contributed by atoms with Crippen LogP contribution in [0.2, 0.25) is 0 Å². The molecule has 0 radical (unpaired) electrons. The molecule has 0 amide bonds. The molecule has 0 spiro atoms. The monoisotopic (exact) mass is 328 g/mol. The largest absolute Gasteiger partial charge is 0.379 e. The molecule has 1 aliphatic rings. The van der Waals surface area contributed by atoms with Crippen molar-refractivity contribution in [2.75, 3.05) is 32.8 Å². The third-order valence-corrected chi connectivity index (χ3v) is 4.74. The fourth-order valence-corrected chi connectivity index (χ4v) is 3.19. The molecule has 0 aliphatic carbocycles. The average molecular weight is 328 g/mol. The molecule has 1 aromatic carbocycles. The maximum absolute atomic E-state index is 5.47. The molecule has 1 unspecified atom stereocenters. The van der Waals surface area contributed by atoms with Crippen molar-refractivity contribution in [3.63, 3.8) is 0 Å². The molecule has 1 fully saturated rings. The van der Waals surface area contributed by atoms with Crippen molar-refractivity contribution in [2.45, 2.75) is 26.1 Å². The summed E-state index contributed by atoms with van der Waals surface area (Å²) in [5.74, 6) is 1.11. The first-order valence-electron chi connectivity index (χ1n) is 8.76. The summed E-state index contributed by atoms with van der Waals surface area (Å²) in [6, 6.07) is 11.2. The number of nitrogens with zero attached hydrogens (tertiary/aromatic N) is 4. The lowest BCUT2D eigenvalue weighted by Crippen LogP contribution is -2.46. The minimum atomic E-state index is 0.458. The number of aryl methyl sites for hydroxylation is 1. The normalized spacial score (nSPS) is 17.3. The molecule has 3 rings (SSSR count). The van der Waals surface area contributed by atoms with Crippen molar-refractivity contribution in [1.29, 1.82) is 0 Å². The van der Waals surface area contributed by atoms with Gasteiger partial charge >= 0.3 is 0 Å². The number of benzene rings is 1. The molecule has 5 nitrogen and oxygen atoms in total. The Labute approximate surface area is 144 Å². The van der Waals surface area contributed by atoms with Crippen molar-refractivity contribution in [2.24, 2.45) is 7.05 Å². The van der Waals surface area contributed by atoms with Gasteiger partial charge in [0, 0.05) is 51.7 Å². The summed E-state index contributed by atoms with van der Waals surface area (Å²) >= 11 is 0. The predicted octanol–water partition coefficient (Wildman–Crippen LogP) is 2.14. The molecule has 0 N–H and O–H groups in total. The van der Waals surface area contributed by atoms with Crippen LogP contribution in [0.5, 0.6) is 0 Å². The second-order valence-corrected chi connectivity index (χ2v) is 6.61. The van der Waals surface area contributed by atoms with Crippen molar-refractivity contribution in [1.82, 2.24) is 19.4 Å². The van der Waals surface area contributed by atoms with Crippen LogP contribution in [0.25, 0.3) is 0 Å². The van der Waals surface area contributed by atoms with Gasteiger partial charge in [0.05, 0.1) is 19.8 Å². The van der Waals surface area contributed by atoms with Crippen molar-refractivity contribution in [3.05, 3.63) is 54.1 Å². The topological polar surface area (TPSA) is 33.5 Å². The summed E-state index contributed by atoms with van der Waals surface area (Å²) in [6.07, 6.45) is 3.89. The molecular formula is C19H28N4O. The maximum atomic E-state index is 5.47. The zero-order valence-corrected chi connectivity index (χ0v) is 14.8. The molecule has 1 atom stereocenters. The Morgan fingerprint density at radius 1 is 1.17 bits per heavy atom. The van der Waals surface area contributed by atoms with Gasteiger partial charge in [0.2, 0.25) is 0 Å². The summed E-state index contributed by atoms with van der Waals surface area (Å²) in [7, 11) is 2.07. The van der Waals surface area contributed by atoms with Gasteiger partial charge < -0.3 is 9.30 Å². The van der Waals surface area contributed by atoms with Gasteiger partial charge in [-0.2, -0.15) is 0 Å². The van der Waals surface area contributed by atoms with E-state index in [1.54, 1.807) is 0 Å². The third-order valence-electron chi connectivity index (χ3n) is 4.74. The highest BCUT2D eigenvalue weighted by molar-refractivity contribution is 5.14. The van der Waals surface area contributed by atoms with E-state index < -0.39 is 0 Å². The number of morpholine rings is 1. The second kappa shape index (κ2) is 8.42. The second-order valence-electron chi connectivity index (χ2n) is 6.61. The number of ether oxygens (including phenoxy) is 1. The van der Waals surface area contributed by atoms with Crippen molar-refractivity contribution < 1.29 is 4.74 Å². The molecule has 2 aromatic rings. The summed E-state index contributed by atoms with van der Waals surface area (Å²) in [5.41, 5.74) is 1.35. The Morgan fingerprint density at radius 2 is 1.92 bits per heavy atom. The summed E-state index contributed by atoms with van der Waals surface area (Å²) in [4.78, 5) is 9.54. The molecule has 0 saturated carbocycles. The molecule has 5 heteroatoms. The smallest absolute Gasteiger partial charge is 0.122 e. The summed E-state index contributed by atoms with van der Waals surface area (Å²) < 4.78 is 7.58. The number of hydrogen-bond acceptors (Lipinski definition) is 4. The maximum Gasteiger partial charge on any atom is 0.122 e. The number of rotatable bonds is 7. The van der Waals surface area contributed by atoms with Gasteiger partial charge in [0.1, 0.15) is 5.82 Å². The Kier molecular flexibility index (Phi) is 6.01. The van der Waals surface area contributed by atoms with Crippen LogP contribution in [-0.2, 0) is 24.9 Å². The Hall–Kier alpha value is -1.69. The van der Waals surface area contributed by atoms with Gasteiger partial charge in [-0.1, -0.05) is 30.3 Å². The third kappa shape index (κ3) is 4.66. The highest BCUT2D eigenvalue weighted by atomic mass is 16.5. The number of hydrogen-bond donors (Lipinski definition) is 0. The lowest BCUT2D eigenvalue weighted by atomic mass is 10.1. The first-order chi connectivity index (χ1) is 11.7. The van der Waals surface area contributed by atoms with E-state index >= 15 is 0 Å². The van der Waals surface area contributed by atoms with Crippen LogP contribution in [0.15, 0.2) is 42.7 Å². The molecular weight excluding hydrogens is 300 g/mol. The van der Waals surface area contributed by atoms with E-state index in [2.05, 4.69) is 63.7 Å². The van der Waals surface area contributed by atoms with Gasteiger partial charge in [-0.05, 0) is 12.5 Å². The minimum absolute atomic E-state index is 0.458.